The molecule has 1 rings (SSSR count). The van der Waals surface area contributed by atoms with E-state index >= 15 is 0 Å². The van der Waals surface area contributed by atoms with Crippen LogP contribution < -0.4 is 10.5 Å². The van der Waals surface area contributed by atoms with Gasteiger partial charge in [-0.3, -0.25) is 4.79 Å². The molecule has 17 heavy (non-hydrogen) atoms. The molecule has 0 bridgehead atoms. The molecular formula is C13H14N2O2. The van der Waals surface area contributed by atoms with Gasteiger partial charge < -0.3 is 10.5 Å². The predicted molar refractivity (Wildman–Crippen MR) is 65.0 cm³/mol. The number of carbonyl (C=O) groups excluding carboxylic acids is 1. The number of amides is 1. The Labute approximate surface area is 100 Å². The SMILES string of the molecule is CC(C)Oc1ccccc1/C=C(/C#N)C(N)=O. The van der Waals surface area contributed by atoms with Crippen molar-refractivity contribution in [2.75, 3.05) is 0 Å². The Morgan fingerprint density at radius 1 is 1.47 bits per heavy atom. The van der Waals surface area contributed by atoms with Gasteiger partial charge in [-0.05, 0) is 26.0 Å². The number of nitrogens with zero attached hydrogens (tertiary/aromatic N) is 1. The van der Waals surface area contributed by atoms with Gasteiger partial charge in [0.1, 0.15) is 17.4 Å². The minimum atomic E-state index is -0.744. The Kier molecular flexibility index (Phi) is 4.29. The van der Waals surface area contributed by atoms with Crippen molar-refractivity contribution in [3.05, 3.63) is 35.4 Å². The summed E-state index contributed by atoms with van der Waals surface area (Å²) >= 11 is 0. The molecule has 0 fully saturated rings. The van der Waals surface area contributed by atoms with Gasteiger partial charge in [-0.1, -0.05) is 18.2 Å². The number of ether oxygens (including phenoxy) is 1. The second-order valence-corrected chi connectivity index (χ2v) is 3.74. The first-order chi connectivity index (χ1) is 8.04. The Bertz CT molecular complexity index is 484. The van der Waals surface area contributed by atoms with E-state index < -0.39 is 5.91 Å². The highest BCUT2D eigenvalue weighted by atomic mass is 16.5. The lowest BCUT2D eigenvalue weighted by atomic mass is 10.1. The van der Waals surface area contributed by atoms with E-state index in [0.29, 0.717) is 11.3 Å². The van der Waals surface area contributed by atoms with Crippen LogP contribution in [-0.2, 0) is 4.79 Å². The summed E-state index contributed by atoms with van der Waals surface area (Å²) in [6, 6.07) is 8.93. The van der Waals surface area contributed by atoms with Gasteiger partial charge >= 0.3 is 0 Å². The molecule has 0 heterocycles. The number of primary amides is 1. The number of carbonyl (C=O) groups is 1. The smallest absolute Gasteiger partial charge is 0.259 e. The van der Waals surface area contributed by atoms with Gasteiger partial charge in [0.2, 0.25) is 0 Å². The highest BCUT2D eigenvalue weighted by Gasteiger charge is 2.07. The molecule has 0 unspecified atom stereocenters. The molecule has 0 saturated heterocycles. The van der Waals surface area contributed by atoms with E-state index in [1.165, 1.54) is 6.08 Å². The summed E-state index contributed by atoms with van der Waals surface area (Å²) in [7, 11) is 0. The van der Waals surface area contributed by atoms with Crippen LogP contribution in [0.25, 0.3) is 6.08 Å². The minimum Gasteiger partial charge on any atom is -0.490 e. The Hall–Kier alpha value is -2.28. The van der Waals surface area contributed by atoms with Crippen molar-refractivity contribution in [2.24, 2.45) is 5.73 Å². The van der Waals surface area contributed by atoms with Crippen LogP contribution in [0.15, 0.2) is 29.8 Å². The van der Waals surface area contributed by atoms with Gasteiger partial charge in [0.15, 0.2) is 0 Å². The van der Waals surface area contributed by atoms with E-state index in [-0.39, 0.29) is 11.7 Å². The molecule has 1 amide bonds. The number of hydrogen-bond donors (Lipinski definition) is 1. The van der Waals surface area contributed by atoms with Crippen LogP contribution >= 0.6 is 0 Å². The number of benzene rings is 1. The van der Waals surface area contributed by atoms with Crippen LogP contribution in [-0.4, -0.2) is 12.0 Å². The molecule has 1 aromatic carbocycles. The van der Waals surface area contributed by atoms with Crippen LogP contribution in [0, 0.1) is 11.3 Å². The fourth-order valence-electron chi connectivity index (χ4n) is 1.28. The van der Waals surface area contributed by atoms with E-state index in [1.54, 1.807) is 24.3 Å². The second-order valence-electron chi connectivity index (χ2n) is 3.74. The summed E-state index contributed by atoms with van der Waals surface area (Å²) in [6.45, 7) is 3.81. The zero-order chi connectivity index (χ0) is 12.8. The molecule has 0 radical (unpaired) electrons. The summed E-state index contributed by atoms with van der Waals surface area (Å²) in [4.78, 5) is 11.0. The summed E-state index contributed by atoms with van der Waals surface area (Å²) in [5.41, 5.74) is 5.65. The first-order valence-corrected chi connectivity index (χ1v) is 5.22. The van der Waals surface area contributed by atoms with Crippen LogP contribution in [0.4, 0.5) is 0 Å². The number of nitriles is 1. The molecule has 4 heteroatoms. The zero-order valence-corrected chi connectivity index (χ0v) is 9.81. The van der Waals surface area contributed by atoms with Crippen LogP contribution in [0.3, 0.4) is 0 Å². The fraction of sp³-hybridized carbons (Fsp3) is 0.231. The van der Waals surface area contributed by atoms with Gasteiger partial charge in [-0.2, -0.15) is 5.26 Å². The summed E-state index contributed by atoms with van der Waals surface area (Å²) in [6.07, 6.45) is 1.45. The van der Waals surface area contributed by atoms with Crippen molar-refractivity contribution in [1.82, 2.24) is 0 Å². The van der Waals surface area contributed by atoms with E-state index in [2.05, 4.69) is 0 Å². The molecular weight excluding hydrogens is 216 g/mol. The maximum Gasteiger partial charge on any atom is 0.259 e. The fourth-order valence-corrected chi connectivity index (χ4v) is 1.28. The third-order valence-electron chi connectivity index (χ3n) is 1.97. The number of hydrogen-bond acceptors (Lipinski definition) is 3. The van der Waals surface area contributed by atoms with Crippen LogP contribution in [0.5, 0.6) is 5.75 Å². The molecule has 0 saturated carbocycles. The largest absolute Gasteiger partial charge is 0.490 e. The van der Waals surface area contributed by atoms with E-state index in [4.69, 9.17) is 15.7 Å². The van der Waals surface area contributed by atoms with Gasteiger partial charge in [-0.15, -0.1) is 0 Å². The average molecular weight is 230 g/mol. The van der Waals surface area contributed by atoms with Crippen molar-refractivity contribution < 1.29 is 9.53 Å². The molecule has 0 aliphatic heterocycles. The summed E-state index contributed by atoms with van der Waals surface area (Å²) in [5.74, 6) is -0.122. The average Bonchev–Trinajstić information content (AvgIpc) is 2.26. The highest BCUT2D eigenvalue weighted by molar-refractivity contribution is 6.00. The first kappa shape index (κ1) is 12.8. The topological polar surface area (TPSA) is 76.1 Å². The number of para-hydroxylation sites is 1. The number of nitrogens with two attached hydrogens (primary N) is 1. The standard InChI is InChI=1S/C13H14N2O2/c1-9(2)17-12-6-4-3-5-10(12)7-11(8-14)13(15)16/h3-7,9H,1-2H3,(H2,15,16)/b11-7-. The van der Waals surface area contributed by atoms with Crippen molar-refractivity contribution in [3.63, 3.8) is 0 Å². The molecule has 0 aliphatic rings. The molecule has 0 aromatic heterocycles. The maximum absolute atomic E-state index is 11.0. The van der Waals surface area contributed by atoms with E-state index in [0.717, 1.165) is 0 Å². The van der Waals surface area contributed by atoms with E-state index in [1.807, 2.05) is 19.9 Å². The number of rotatable bonds is 4. The molecule has 0 spiro atoms. The second kappa shape index (κ2) is 5.71. The highest BCUT2D eigenvalue weighted by Crippen LogP contribution is 2.21. The monoisotopic (exact) mass is 230 g/mol. The first-order valence-electron chi connectivity index (χ1n) is 5.22. The third kappa shape index (κ3) is 3.65. The molecule has 88 valence electrons. The van der Waals surface area contributed by atoms with Crippen molar-refractivity contribution in [3.8, 4) is 11.8 Å². The Morgan fingerprint density at radius 3 is 2.65 bits per heavy atom. The quantitative estimate of drug-likeness (QED) is 0.633. The van der Waals surface area contributed by atoms with Crippen LogP contribution in [0.1, 0.15) is 19.4 Å². The normalized spacial score (nSPS) is 11.1. The molecule has 2 N–H and O–H groups in total. The minimum absolute atomic E-state index is 0.0173. The summed E-state index contributed by atoms with van der Waals surface area (Å²) < 4.78 is 5.56. The van der Waals surface area contributed by atoms with Crippen molar-refractivity contribution in [2.45, 2.75) is 20.0 Å². The van der Waals surface area contributed by atoms with Crippen molar-refractivity contribution >= 4 is 12.0 Å². The zero-order valence-electron chi connectivity index (χ0n) is 9.81. The molecule has 0 aliphatic carbocycles. The predicted octanol–water partition coefficient (Wildman–Crippen LogP) is 1.87. The van der Waals surface area contributed by atoms with Gasteiger partial charge in [-0.25, -0.2) is 0 Å². The molecule has 4 nitrogen and oxygen atoms in total. The van der Waals surface area contributed by atoms with Gasteiger partial charge in [0.25, 0.3) is 5.91 Å². The lowest BCUT2D eigenvalue weighted by Crippen LogP contribution is -2.12. The van der Waals surface area contributed by atoms with Crippen molar-refractivity contribution in [1.29, 1.82) is 5.26 Å². The Balaban J connectivity index is 3.14. The molecule has 1 aromatic rings. The Morgan fingerprint density at radius 2 is 2.12 bits per heavy atom. The van der Waals surface area contributed by atoms with Gasteiger partial charge in [0.05, 0.1) is 6.10 Å². The molecule has 0 atom stereocenters. The van der Waals surface area contributed by atoms with Crippen LogP contribution in [0.2, 0.25) is 0 Å². The van der Waals surface area contributed by atoms with Gasteiger partial charge in [0, 0.05) is 5.56 Å². The summed E-state index contributed by atoms with van der Waals surface area (Å²) in [5, 5.41) is 8.77. The third-order valence-corrected chi connectivity index (χ3v) is 1.97. The lowest BCUT2D eigenvalue weighted by molar-refractivity contribution is -0.114. The lowest BCUT2D eigenvalue weighted by Gasteiger charge is -2.12. The van der Waals surface area contributed by atoms with E-state index in [9.17, 15) is 4.79 Å². The maximum atomic E-state index is 11.0.